The Kier molecular flexibility index (Phi) is 4.10. The lowest BCUT2D eigenvalue weighted by Crippen LogP contribution is -2.23. The molecular weight excluding hydrogens is 236 g/mol. The number of benzene rings is 1. The van der Waals surface area contributed by atoms with E-state index < -0.39 is 11.6 Å². The second kappa shape index (κ2) is 5.78. The van der Waals surface area contributed by atoms with Crippen molar-refractivity contribution in [1.29, 1.82) is 0 Å². The molecule has 0 aliphatic carbocycles. The van der Waals surface area contributed by atoms with Gasteiger partial charge in [-0.2, -0.15) is 0 Å². The van der Waals surface area contributed by atoms with Crippen LogP contribution in [-0.4, -0.2) is 6.54 Å². The fourth-order valence-electron chi connectivity index (χ4n) is 1.87. The molecule has 0 fully saturated rings. The van der Waals surface area contributed by atoms with Crippen molar-refractivity contribution in [2.45, 2.75) is 19.4 Å². The standard InChI is InChI=1S/C14H15F2NO/c1-2-6-17-14(10-5-7-18-9-10)12-8-11(15)3-4-13(12)16/h3-5,7-9,14,17H,2,6H2,1H3. The van der Waals surface area contributed by atoms with Crippen molar-refractivity contribution in [2.24, 2.45) is 0 Å². The van der Waals surface area contributed by atoms with Crippen LogP contribution in [0.15, 0.2) is 41.2 Å². The molecule has 2 rings (SSSR count). The number of halogens is 2. The van der Waals surface area contributed by atoms with Crippen LogP contribution in [0.3, 0.4) is 0 Å². The first-order valence-corrected chi connectivity index (χ1v) is 5.92. The first-order chi connectivity index (χ1) is 8.72. The molecule has 0 aliphatic rings. The molecular formula is C14H15F2NO. The molecule has 1 unspecified atom stereocenters. The molecule has 0 saturated heterocycles. The second-order valence-electron chi connectivity index (χ2n) is 4.11. The zero-order chi connectivity index (χ0) is 13.0. The molecule has 18 heavy (non-hydrogen) atoms. The van der Waals surface area contributed by atoms with E-state index in [1.807, 2.05) is 6.92 Å². The van der Waals surface area contributed by atoms with Crippen molar-refractivity contribution in [2.75, 3.05) is 6.54 Å². The maximum atomic E-state index is 13.8. The molecule has 0 amide bonds. The lowest BCUT2D eigenvalue weighted by Gasteiger charge is -2.18. The van der Waals surface area contributed by atoms with Crippen LogP contribution in [0.4, 0.5) is 8.78 Å². The van der Waals surface area contributed by atoms with Gasteiger partial charge in [-0.25, -0.2) is 8.78 Å². The molecule has 2 aromatic rings. The number of nitrogens with one attached hydrogen (secondary N) is 1. The summed E-state index contributed by atoms with van der Waals surface area (Å²) >= 11 is 0. The SMILES string of the molecule is CCCNC(c1ccoc1)c1cc(F)ccc1F. The number of rotatable bonds is 5. The molecule has 1 aromatic heterocycles. The zero-order valence-electron chi connectivity index (χ0n) is 10.1. The highest BCUT2D eigenvalue weighted by atomic mass is 19.1. The first-order valence-electron chi connectivity index (χ1n) is 5.92. The zero-order valence-corrected chi connectivity index (χ0v) is 10.1. The summed E-state index contributed by atoms with van der Waals surface area (Å²) in [4.78, 5) is 0. The van der Waals surface area contributed by atoms with Crippen LogP contribution in [-0.2, 0) is 0 Å². The molecule has 0 spiro atoms. The highest BCUT2D eigenvalue weighted by molar-refractivity contribution is 5.31. The molecule has 0 radical (unpaired) electrons. The van der Waals surface area contributed by atoms with E-state index in [1.165, 1.54) is 18.6 Å². The lowest BCUT2D eigenvalue weighted by molar-refractivity contribution is 0.523. The summed E-state index contributed by atoms with van der Waals surface area (Å²) in [6.07, 6.45) is 3.97. The van der Waals surface area contributed by atoms with Gasteiger partial charge in [-0.15, -0.1) is 0 Å². The Bertz CT molecular complexity index is 497. The van der Waals surface area contributed by atoms with E-state index in [4.69, 9.17) is 4.42 Å². The van der Waals surface area contributed by atoms with Crippen LogP contribution in [0.2, 0.25) is 0 Å². The number of hydrogen-bond acceptors (Lipinski definition) is 2. The third-order valence-corrected chi connectivity index (χ3v) is 2.74. The smallest absolute Gasteiger partial charge is 0.128 e. The summed E-state index contributed by atoms with van der Waals surface area (Å²) < 4.78 is 32.1. The maximum absolute atomic E-state index is 13.8. The van der Waals surface area contributed by atoms with Gasteiger partial charge in [-0.3, -0.25) is 0 Å². The van der Waals surface area contributed by atoms with Crippen molar-refractivity contribution < 1.29 is 13.2 Å². The van der Waals surface area contributed by atoms with Crippen LogP contribution in [0.5, 0.6) is 0 Å². The maximum Gasteiger partial charge on any atom is 0.128 e. The summed E-state index contributed by atoms with van der Waals surface area (Å²) in [6.45, 7) is 2.73. The highest BCUT2D eigenvalue weighted by Gasteiger charge is 2.18. The highest BCUT2D eigenvalue weighted by Crippen LogP contribution is 2.25. The quantitative estimate of drug-likeness (QED) is 0.877. The van der Waals surface area contributed by atoms with Gasteiger partial charge in [0.2, 0.25) is 0 Å². The molecule has 1 N–H and O–H groups in total. The van der Waals surface area contributed by atoms with Crippen molar-refractivity contribution in [1.82, 2.24) is 5.32 Å². The Morgan fingerprint density at radius 2 is 2.11 bits per heavy atom. The van der Waals surface area contributed by atoms with Gasteiger partial charge in [-0.05, 0) is 37.2 Å². The Morgan fingerprint density at radius 3 is 2.78 bits per heavy atom. The predicted octanol–water partition coefficient (Wildman–Crippen LogP) is 3.65. The van der Waals surface area contributed by atoms with E-state index in [-0.39, 0.29) is 6.04 Å². The van der Waals surface area contributed by atoms with E-state index in [0.717, 1.165) is 24.1 Å². The molecule has 2 nitrogen and oxygen atoms in total. The van der Waals surface area contributed by atoms with E-state index >= 15 is 0 Å². The molecule has 1 aromatic carbocycles. The van der Waals surface area contributed by atoms with E-state index in [1.54, 1.807) is 6.07 Å². The van der Waals surface area contributed by atoms with Crippen molar-refractivity contribution in [3.05, 3.63) is 59.6 Å². The van der Waals surface area contributed by atoms with Gasteiger partial charge in [0.1, 0.15) is 11.6 Å². The largest absolute Gasteiger partial charge is 0.472 e. The second-order valence-corrected chi connectivity index (χ2v) is 4.11. The summed E-state index contributed by atoms with van der Waals surface area (Å²) in [7, 11) is 0. The Hall–Kier alpha value is -1.68. The summed E-state index contributed by atoms with van der Waals surface area (Å²) in [5, 5.41) is 3.19. The molecule has 0 bridgehead atoms. The summed E-state index contributed by atoms with van der Waals surface area (Å²) in [5.74, 6) is -0.871. The minimum Gasteiger partial charge on any atom is -0.472 e. The Morgan fingerprint density at radius 1 is 1.28 bits per heavy atom. The molecule has 1 atom stereocenters. The fraction of sp³-hybridized carbons (Fsp3) is 0.286. The third-order valence-electron chi connectivity index (χ3n) is 2.74. The van der Waals surface area contributed by atoms with Crippen molar-refractivity contribution >= 4 is 0 Å². The Labute approximate surface area is 105 Å². The lowest BCUT2D eigenvalue weighted by atomic mass is 10.0. The Balaban J connectivity index is 2.36. The van der Waals surface area contributed by atoms with E-state index in [9.17, 15) is 8.78 Å². The fourth-order valence-corrected chi connectivity index (χ4v) is 1.87. The third kappa shape index (κ3) is 2.76. The average Bonchev–Trinajstić information content (AvgIpc) is 2.88. The van der Waals surface area contributed by atoms with Crippen molar-refractivity contribution in [3.8, 4) is 0 Å². The number of hydrogen-bond donors (Lipinski definition) is 1. The average molecular weight is 251 g/mol. The van der Waals surface area contributed by atoms with Crippen LogP contribution >= 0.6 is 0 Å². The molecule has 0 saturated carbocycles. The van der Waals surface area contributed by atoms with Gasteiger partial charge in [0.25, 0.3) is 0 Å². The van der Waals surface area contributed by atoms with Gasteiger partial charge >= 0.3 is 0 Å². The van der Waals surface area contributed by atoms with Gasteiger partial charge in [-0.1, -0.05) is 6.92 Å². The summed E-state index contributed by atoms with van der Waals surface area (Å²) in [6, 6.07) is 4.84. The topological polar surface area (TPSA) is 25.2 Å². The molecule has 1 heterocycles. The van der Waals surface area contributed by atoms with Crippen LogP contribution in [0.25, 0.3) is 0 Å². The minimum absolute atomic E-state index is 0.296. The molecule has 0 aliphatic heterocycles. The number of furan rings is 1. The summed E-state index contributed by atoms with van der Waals surface area (Å²) in [5.41, 5.74) is 1.08. The predicted molar refractivity (Wildman–Crippen MR) is 65.2 cm³/mol. The van der Waals surface area contributed by atoms with Crippen LogP contribution in [0.1, 0.15) is 30.5 Å². The molecule has 96 valence electrons. The van der Waals surface area contributed by atoms with Gasteiger partial charge in [0.05, 0.1) is 18.6 Å². The first kappa shape index (κ1) is 12.8. The van der Waals surface area contributed by atoms with Gasteiger partial charge in [0, 0.05) is 11.1 Å². The van der Waals surface area contributed by atoms with E-state index in [2.05, 4.69) is 5.32 Å². The minimum atomic E-state index is -0.446. The normalized spacial score (nSPS) is 12.6. The van der Waals surface area contributed by atoms with Gasteiger partial charge in [0.15, 0.2) is 0 Å². The van der Waals surface area contributed by atoms with Crippen molar-refractivity contribution in [3.63, 3.8) is 0 Å². The van der Waals surface area contributed by atoms with Crippen LogP contribution in [0, 0.1) is 11.6 Å². The molecule has 4 heteroatoms. The van der Waals surface area contributed by atoms with E-state index in [0.29, 0.717) is 12.1 Å². The van der Waals surface area contributed by atoms with Gasteiger partial charge < -0.3 is 9.73 Å². The van der Waals surface area contributed by atoms with Crippen LogP contribution < -0.4 is 5.32 Å². The monoisotopic (exact) mass is 251 g/mol.